The highest BCUT2D eigenvalue weighted by atomic mass is 19.1. The van der Waals surface area contributed by atoms with Gasteiger partial charge in [0.15, 0.2) is 0 Å². The van der Waals surface area contributed by atoms with Gasteiger partial charge in [0.05, 0.1) is 11.9 Å². The minimum absolute atomic E-state index is 0.0676. The molecule has 122 valence electrons. The monoisotopic (exact) mass is 315 g/mol. The minimum Gasteiger partial charge on any atom is -0.383 e. The molecule has 0 aliphatic heterocycles. The Balaban J connectivity index is 1.83. The topological polar surface area (TPSA) is 54.0 Å². The van der Waals surface area contributed by atoms with E-state index in [0.717, 1.165) is 24.2 Å². The number of carbonyl (C=O) groups excluding carboxylic acids is 1. The van der Waals surface area contributed by atoms with Gasteiger partial charge >= 0.3 is 0 Å². The van der Waals surface area contributed by atoms with Crippen LogP contribution in [0.2, 0.25) is 0 Å². The van der Waals surface area contributed by atoms with E-state index in [2.05, 4.69) is 15.6 Å². The molecule has 1 heterocycles. The summed E-state index contributed by atoms with van der Waals surface area (Å²) in [6, 6.07) is 10.1. The highest BCUT2D eigenvalue weighted by molar-refractivity contribution is 5.93. The molecule has 2 aromatic rings. The number of hydrogen-bond donors (Lipinski definition) is 2. The molecular weight excluding hydrogens is 293 g/mol. The van der Waals surface area contributed by atoms with E-state index in [1.807, 2.05) is 26.8 Å². The van der Waals surface area contributed by atoms with E-state index >= 15 is 0 Å². The molecule has 1 aromatic carbocycles. The van der Waals surface area contributed by atoms with Crippen LogP contribution in [0.4, 0.5) is 15.9 Å². The standard InChI is InChI=1S/C18H22FN3O/c1-18(2,3)17(23)22-16-9-8-15(12-21-16)20-11-10-13-4-6-14(19)7-5-13/h4-9,12,20H,10-11H2,1-3H3,(H,21,22,23). The second kappa shape index (κ2) is 7.22. The maximum atomic E-state index is 12.8. The van der Waals surface area contributed by atoms with Gasteiger partial charge in [0.1, 0.15) is 11.6 Å². The van der Waals surface area contributed by atoms with Crippen molar-refractivity contribution in [1.29, 1.82) is 0 Å². The second-order valence-corrected chi connectivity index (χ2v) is 6.44. The van der Waals surface area contributed by atoms with E-state index in [-0.39, 0.29) is 11.7 Å². The van der Waals surface area contributed by atoms with Gasteiger partial charge in [-0.05, 0) is 36.2 Å². The predicted molar refractivity (Wildman–Crippen MR) is 90.9 cm³/mol. The Bertz CT molecular complexity index is 645. The summed E-state index contributed by atoms with van der Waals surface area (Å²) >= 11 is 0. The molecule has 2 N–H and O–H groups in total. The highest BCUT2D eigenvalue weighted by Crippen LogP contribution is 2.17. The molecule has 0 saturated carbocycles. The number of pyridine rings is 1. The van der Waals surface area contributed by atoms with Crippen molar-refractivity contribution in [3.05, 3.63) is 54.0 Å². The summed E-state index contributed by atoms with van der Waals surface area (Å²) in [7, 11) is 0. The molecule has 23 heavy (non-hydrogen) atoms. The van der Waals surface area contributed by atoms with Gasteiger partial charge in [-0.25, -0.2) is 9.37 Å². The fraction of sp³-hybridized carbons (Fsp3) is 0.333. The number of benzene rings is 1. The molecule has 0 unspecified atom stereocenters. The number of anilines is 2. The molecule has 2 rings (SSSR count). The smallest absolute Gasteiger partial charge is 0.230 e. The summed E-state index contributed by atoms with van der Waals surface area (Å²) in [6.07, 6.45) is 2.48. The molecule has 0 saturated heterocycles. The number of nitrogens with one attached hydrogen (secondary N) is 2. The van der Waals surface area contributed by atoms with Gasteiger partial charge in [0.25, 0.3) is 0 Å². The summed E-state index contributed by atoms with van der Waals surface area (Å²) in [4.78, 5) is 16.1. The molecule has 0 aliphatic carbocycles. The minimum atomic E-state index is -0.451. The number of rotatable bonds is 5. The van der Waals surface area contributed by atoms with Crippen molar-refractivity contribution >= 4 is 17.4 Å². The zero-order valence-electron chi connectivity index (χ0n) is 13.7. The molecule has 0 bridgehead atoms. The van der Waals surface area contributed by atoms with Crippen molar-refractivity contribution in [3.8, 4) is 0 Å². The van der Waals surface area contributed by atoms with Gasteiger partial charge in [-0.1, -0.05) is 32.9 Å². The predicted octanol–water partition coefficient (Wildman–Crippen LogP) is 3.86. The van der Waals surface area contributed by atoms with Gasteiger partial charge in [0, 0.05) is 12.0 Å². The lowest BCUT2D eigenvalue weighted by molar-refractivity contribution is -0.123. The Labute approximate surface area is 136 Å². The first-order valence-corrected chi connectivity index (χ1v) is 7.60. The molecule has 5 heteroatoms. The van der Waals surface area contributed by atoms with Gasteiger partial charge in [-0.2, -0.15) is 0 Å². The van der Waals surface area contributed by atoms with E-state index in [9.17, 15) is 9.18 Å². The van der Waals surface area contributed by atoms with Gasteiger partial charge in [0.2, 0.25) is 5.91 Å². The van der Waals surface area contributed by atoms with Crippen molar-refractivity contribution in [1.82, 2.24) is 4.98 Å². The Morgan fingerprint density at radius 1 is 1.13 bits per heavy atom. The first-order valence-electron chi connectivity index (χ1n) is 7.60. The number of nitrogens with zero attached hydrogens (tertiary/aromatic N) is 1. The average Bonchev–Trinajstić information content (AvgIpc) is 2.50. The van der Waals surface area contributed by atoms with Crippen molar-refractivity contribution in [2.24, 2.45) is 5.41 Å². The summed E-state index contributed by atoms with van der Waals surface area (Å²) in [5.74, 6) is 0.245. The van der Waals surface area contributed by atoms with E-state index in [1.54, 1.807) is 24.4 Å². The summed E-state index contributed by atoms with van der Waals surface area (Å²) in [5, 5.41) is 6.03. The molecule has 0 radical (unpaired) electrons. The molecule has 4 nitrogen and oxygen atoms in total. The highest BCUT2D eigenvalue weighted by Gasteiger charge is 2.21. The zero-order chi connectivity index (χ0) is 16.9. The quantitative estimate of drug-likeness (QED) is 0.881. The first-order chi connectivity index (χ1) is 10.8. The van der Waals surface area contributed by atoms with Crippen LogP contribution in [0.1, 0.15) is 26.3 Å². The number of carbonyl (C=O) groups is 1. The lowest BCUT2D eigenvalue weighted by Crippen LogP contribution is -2.27. The largest absolute Gasteiger partial charge is 0.383 e. The fourth-order valence-electron chi connectivity index (χ4n) is 1.88. The number of hydrogen-bond acceptors (Lipinski definition) is 3. The van der Waals surface area contributed by atoms with Crippen LogP contribution in [-0.4, -0.2) is 17.4 Å². The van der Waals surface area contributed by atoms with Gasteiger partial charge in [-0.3, -0.25) is 4.79 Å². The van der Waals surface area contributed by atoms with Crippen LogP contribution < -0.4 is 10.6 Å². The van der Waals surface area contributed by atoms with Crippen LogP contribution in [0.15, 0.2) is 42.6 Å². The Kier molecular flexibility index (Phi) is 5.32. The van der Waals surface area contributed by atoms with E-state index < -0.39 is 5.41 Å². The van der Waals surface area contributed by atoms with Gasteiger partial charge < -0.3 is 10.6 Å². The lowest BCUT2D eigenvalue weighted by atomic mass is 9.96. The summed E-state index contributed by atoms with van der Waals surface area (Å²) in [6.45, 7) is 6.29. The Morgan fingerprint density at radius 2 is 1.83 bits per heavy atom. The van der Waals surface area contributed by atoms with E-state index in [0.29, 0.717) is 5.82 Å². The van der Waals surface area contributed by atoms with Crippen LogP contribution in [0.5, 0.6) is 0 Å². The van der Waals surface area contributed by atoms with Crippen LogP contribution in [-0.2, 0) is 11.2 Å². The van der Waals surface area contributed by atoms with Crippen LogP contribution in [0.25, 0.3) is 0 Å². The Hall–Kier alpha value is -2.43. The number of halogens is 1. The molecule has 0 atom stereocenters. The van der Waals surface area contributed by atoms with Gasteiger partial charge in [-0.15, -0.1) is 0 Å². The zero-order valence-corrected chi connectivity index (χ0v) is 13.7. The molecule has 0 aliphatic rings. The molecular formula is C18H22FN3O. The van der Waals surface area contributed by atoms with Crippen LogP contribution in [0.3, 0.4) is 0 Å². The average molecular weight is 315 g/mol. The van der Waals surface area contributed by atoms with E-state index in [1.165, 1.54) is 12.1 Å². The van der Waals surface area contributed by atoms with Crippen molar-refractivity contribution < 1.29 is 9.18 Å². The van der Waals surface area contributed by atoms with Crippen molar-refractivity contribution in [2.75, 3.05) is 17.2 Å². The van der Waals surface area contributed by atoms with Crippen LogP contribution in [0, 0.1) is 11.2 Å². The van der Waals surface area contributed by atoms with Crippen LogP contribution >= 0.6 is 0 Å². The molecule has 1 amide bonds. The molecule has 0 spiro atoms. The van der Waals surface area contributed by atoms with Crippen molar-refractivity contribution in [2.45, 2.75) is 27.2 Å². The lowest BCUT2D eigenvalue weighted by Gasteiger charge is -2.17. The molecule has 1 aromatic heterocycles. The third kappa shape index (κ3) is 5.36. The van der Waals surface area contributed by atoms with E-state index in [4.69, 9.17) is 0 Å². The second-order valence-electron chi connectivity index (χ2n) is 6.44. The maximum absolute atomic E-state index is 12.8. The third-order valence-electron chi connectivity index (χ3n) is 3.34. The third-order valence-corrected chi connectivity index (χ3v) is 3.34. The SMILES string of the molecule is CC(C)(C)C(=O)Nc1ccc(NCCc2ccc(F)cc2)cn1. The Morgan fingerprint density at radius 3 is 2.39 bits per heavy atom. The number of amides is 1. The maximum Gasteiger partial charge on any atom is 0.230 e. The fourth-order valence-corrected chi connectivity index (χ4v) is 1.88. The number of aromatic nitrogens is 1. The molecule has 0 fully saturated rings. The first kappa shape index (κ1) is 16.9. The summed E-state index contributed by atoms with van der Waals surface area (Å²) < 4.78 is 12.8. The van der Waals surface area contributed by atoms with Crippen molar-refractivity contribution in [3.63, 3.8) is 0 Å². The summed E-state index contributed by atoms with van der Waals surface area (Å²) in [5.41, 5.74) is 1.50. The normalized spacial score (nSPS) is 11.1.